The molecule has 0 aromatic heterocycles. The number of rotatable bonds is 3. The Kier molecular flexibility index (Phi) is 2.65. The van der Waals surface area contributed by atoms with Crippen LogP contribution in [0.3, 0.4) is 0 Å². The highest BCUT2D eigenvalue weighted by atomic mass is 16.2. The van der Waals surface area contributed by atoms with Crippen LogP contribution in [-0.4, -0.2) is 24.1 Å². The zero-order valence-corrected chi connectivity index (χ0v) is 7.86. The van der Waals surface area contributed by atoms with Crippen molar-refractivity contribution in [3.63, 3.8) is 0 Å². The average molecular weight is 191 g/mol. The van der Waals surface area contributed by atoms with Gasteiger partial charge in [-0.05, 0) is 5.56 Å². The van der Waals surface area contributed by atoms with E-state index in [1.165, 1.54) is 5.56 Å². The number of benzene rings is 1. The van der Waals surface area contributed by atoms with E-state index in [1.54, 1.807) is 5.01 Å². The SMILES string of the molecule is O=C1NCCN1NCc1ccccc1. The highest BCUT2D eigenvalue weighted by Crippen LogP contribution is 1.99. The third kappa shape index (κ3) is 2.03. The number of carbonyl (C=O) groups excluding carboxylic acids is 1. The van der Waals surface area contributed by atoms with Gasteiger partial charge in [-0.2, -0.15) is 0 Å². The molecule has 2 N–H and O–H groups in total. The molecule has 1 aromatic carbocycles. The van der Waals surface area contributed by atoms with Crippen molar-refractivity contribution in [3.05, 3.63) is 35.9 Å². The maximum atomic E-state index is 11.1. The van der Waals surface area contributed by atoms with E-state index in [0.29, 0.717) is 6.54 Å². The van der Waals surface area contributed by atoms with E-state index in [4.69, 9.17) is 0 Å². The fourth-order valence-corrected chi connectivity index (χ4v) is 1.41. The van der Waals surface area contributed by atoms with Crippen molar-refractivity contribution in [2.24, 2.45) is 0 Å². The molecule has 1 saturated heterocycles. The van der Waals surface area contributed by atoms with Crippen LogP contribution in [0, 0.1) is 0 Å². The third-order valence-corrected chi connectivity index (χ3v) is 2.17. The van der Waals surface area contributed by atoms with E-state index in [2.05, 4.69) is 10.7 Å². The summed E-state index contributed by atoms with van der Waals surface area (Å²) in [6, 6.07) is 9.97. The van der Waals surface area contributed by atoms with Gasteiger partial charge >= 0.3 is 6.03 Å². The van der Waals surface area contributed by atoms with Gasteiger partial charge in [0.15, 0.2) is 0 Å². The number of hydrazine groups is 1. The molecule has 1 heterocycles. The van der Waals surface area contributed by atoms with Crippen molar-refractivity contribution in [2.75, 3.05) is 13.1 Å². The van der Waals surface area contributed by atoms with Gasteiger partial charge in [0.05, 0.1) is 6.54 Å². The first-order chi connectivity index (χ1) is 6.86. The minimum Gasteiger partial charge on any atom is -0.335 e. The summed E-state index contributed by atoms with van der Waals surface area (Å²) in [6.07, 6.45) is 0. The minimum atomic E-state index is -0.0408. The Labute approximate surface area is 82.9 Å². The van der Waals surface area contributed by atoms with Crippen molar-refractivity contribution in [1.82, 2.24) is 15.8 Å². The molecule has 0 unspecified atom stereocenters. The summed E-state index contributed by atoms with van der Waals surface area (Å²) in [6.45, 7) is 2.14. The maximum absolute atomic E-state index is 11.1. The van der Waals surface area contributed by atoms with Crippen LogP contribution >= 0.6 is 0 Å². The normalized spacial score (nSPS) is 15.7. The lowest BCUT2D eigenvalue weighted by atomic mass is 10.2. The van der Waals surface area contributed by atoms with Crippen LogP contribution in [0.2, 0.25) is 0 Å². The molecule has 74 valence electrons. The minimum absolute atomic E-state index is 0.0408. The number of urea groups is 1. The quantitative estimate of drug-likeness (QED) is 0.739. The number of carbonyl (C=O) groups is 1. The second-order valence-electron chi connectivity index (χ2n) is 3.20. The predicted molar refractivity (Wildman–Crippen MR) is 53.4 cm³/mol. The van der Waals surface area contributed by atoms with Gasteiger partial charge in [0, 0.05) is 13.1 Å². The first kappa shape index (κ1) is 9.02. The summed E-state index contributed by atoms with van der Waals surface area (Å²) < 4.78 is 0. The Morgan fingerprint density at radius 1 is 1.36 bits per heavy atom. The lowest BCUT2D eigenvalue weighted by Crippen LogP contribution is -2.39. The first-order valence-electron chi connectivity index (χ1n) is 4.69. The molecule has 4 heteroatoms. The first-order valence-corrected chi connectivity index (χ1v) is 4.69. The highest BCUT2D eigenvalue weighted by Gasteiger charge is 2.18. The number of hydrogen-bond acceptors (Lipinski definition) is 2. The summed E-state index contributed by atoms with van der Waals surface area (Å²) >= 11 is 0. The van der Waals surface area contributed by atoms with Gasteiger partial charge in [0.2, 0.25) is 0 Å². The van der Waals surface area contributed by atoms with Crippen LogP contribution in [0.1, 0.15) is 5.56 Å². The molecule has 2 amide bonds. The van der Waals surface area contributed by atoms with E-state index in [-0.39, 0.29) is 6.03 Å². The van der Waals surface area contributed by atoms with Crippen molar-refractivity contribution in [1.29, 1.82) is 0 Å². The summed E-state index contributed by atoms with van der Waals surface area (Å²) in [5.41, 5.74) is 4.24. The van der Waals surface area contributed by atoms with Gasteiger partial charge in [-0.1, -0.05) is 30.3 Å². The Bertz CT molecular complexity index is 312. The van der Waals surface area contributed by atoms with E-state index < -0.39 is 0 Å². The molecule has 4 nitrogen and oxygen atoms in total. The van der Waals surface area contributed by atoms with E-state index in [9.17, 15) is 4.79 Å². The van der Waals surface area contributed by atoms with Crippen LogP contribution in [0.5, 0.6) is 0 Å². The van der Waals surface area contributed by atoms with Crippen LogP contribution in [0.25, 0.3) is 0 Å². The molecule has 0 aliphatic carbocycles. The molecule has 14 heavy (non-hydrogen) atoms. The fraction of sp³-hybridized carbons (Fsp3) is 0.300. The van der Waals surface area contributed by atoms with Gasteiger partial charge in [-0.15, -0.1) is 0 Å². The number of nitrogens with zero attached hydrogens (tertiary/aromatic N) is 1. The summed E-state index contributed by atoms with van der Waals surface area (Å²) in [7, 11) is 0. The van der Waals surface area contributed by atoms with Crippen LogP contribution < -0.4 is 10.7 Å². The van der Waals surface area contributed by atoms with E-state index in [1.807, 2.05) is 30.3 Å². The monoisotopic (exact) mass is 191 g/mol. The molecule has 1 aliphatic rings. The van der Waals surface area contributed by atoms with Gasteiger partial charge in [-0.3, -0.25) is 5.01 Å². The lowest BCUT2D eigenvalue weighted by Gasteiger charge is -2.15. The van der Waals surface area contributed by atoms with Gasteiger partial charge < -0.3 is 5.32 Å². The molecular weight excluding hydrogens is 178 g/mol. The Morgan fingerprint density at radius 3 is 2.79 bits per heavy atom. The van der Waals surface area contributed by atoms with E-state index >= 15 is 0 Å². The standard InChI is InChI=1S/C10H13N3O/c14-10-11-6-7-13(10)12-8-9-4-2-1-3-5-9/h1-5,12H,6-8H2,(H,11,14). The van der Waals surface area contributed by atoms with E-state index in [0.717, 1.165) is 13.1 Å². The molecule has 0 bridgehead atoms. The molecule has 1 aromatic rings. The van der Waals surface area contributed by atoms with Gasteiger partial charge in [0.1, 0.15) is 0 Å². The highest BCUT2D eigenvalue weighted by molar-refractivity contribution is 5.75. The molecular formula is C10H13N3O. The van der Waals surface area contributed by atoms with Crippen molar-refractivity contribution in [3.8, 4) is 0 Å². The zero-order chi connectivity index (χ0) is 9.80. The number of nitrogens with one attached hydrogen (secondary N) is 2. The lowest BCUT2D eigenvalue weighted by molar-refractivity contribution is 0.193. The predicted octanol–water partition coefficient (Wildman–Crippen LogP) is 0.716. The average Bonchev–Trinajstić information content (AvgIpc) is 2.63. The fourth-order valence-electron chi connectivity index (χ4n) is 1.41. The molecule has 0 radical (unpaired) electrons. The number of hydrogen-bond donors (Lipinski definition) is 2. The Hall–Kier alpha value is -1.55. The van der Waals surface area contributed by atoms with Gasteiger partial charge in [-0.25, -0.2) is 10.2 Å². The molecule has 0 atom stereocenters. The zero-order valence-electron chi connectivity index (χ0n) is 7.86. The largest absolute Gasteiger partial charge is 0.335 e. The smallest absolute Gasteiger partial charge is 0.331 e. The molecule has 2 rings (SSSR count). The topological polar surface area (TPSA) is 44.4 Å². The Morgan fingerprint density at radius 2 is 2.14 bits per heavy atom. The van der Waals surface area contributed by atoms with Crippen LogP contribution in [0.4, 0.5) is 4.79 Å². The molecule has 1 fully saturated rings. The summed E-state index contributed by atoms with van der Waals surface area (Å²) in [4.78, 5) is 11.1. The Balaban J connectivity index is 1.85. The molecule has 0 saturated carbocycles. The van der Waals surface area contributed by atoms with Crippen LogP contribution in [0.15, 0.2) is 30.3 Å². The summed E-state index contributed by atoms with van der Waals surface area (Å²) in [5, 5.41) is 4.33. The van der Waals surface area contributed by atoms with Gasteiger partial charge in [0.25, 0.3) is 0 Å². The second kappa shape index (κ2) is 4.11. The second-order valence-corrected chi connectivity index (χ2v) is 3.20. The van der Waals surface area contributed by atoms with Crippen molar-refractivity contribution >= 4 is 6.03 Å². The number of amides is 2. The summed E-state index contributed by atoms with van der Waals surface area (Å²) in [5.74, 6) is 0. The van der Waals surface area contributed by atoms with Crippen molar-refractivity contribution in [2.45, 2.75) is 6.54 Å². The van der Waals surface area contributed by atoms with Crippen LogP contribution in [-0.2, 0) is 6.54 Å². The third-order valence-electron chi connectivity index (χ3n) is 2.17. The molecule has 0 spiro atoms. The van der Waals surface area contributed by atoms with Crippen molar-refractivity contribution < 1.29 is 4.79 Å². The maximum Gasteiger partial charge on any atom is 0.331 e. The molecule has 1 aliphatic heterocycles.